The number of aliphatic hydroxyl groups is 2. The van der Waals surface area contributed by atoms with Gasteiger partial charge in [0.05, 0.1) is 11.0 Å². The number of rotatable bonds is 2. The average molecular weight is 358 g/mol. The topological polar surface area (TPSA) is 78.5 Å². The minimum atomic E-state index is -1.78. The van der Waals surface area contributed by atoms with Crippen molar-refractivity contribution in [3.63, 3.8) is 0 Å². The lowest BCUT2D eigenvalue weighted by molar-refractivity contribution is -0.0978. The van der Waals surface area contributed by atoms with Crippen molar-refractivity contribution in [2.75, 3.05) is 0 Å². The number of benzene rings is 3. The lowest BCUT2D eigenvalue weighted by Crippen LogP contribution is -2.38. The molecule has 3 N–H and O–H groups in total. The zero-order valence-electron chi connectivity index (χ0n) is 14.7. The van der Waals surface area contributed by atoms with Crippen LogP contribution in [0.1, 0.15) is 22.8 Å². The third-order valence-electron chi connectivity index (χ3n) is 5.32. The third-order valence-corrected chi connectivity index (χ3v) is 5.32. The summed E-state index contributed by atoms with van der Waals surface area (Å²) in [6.07, 6.45) is -1.38. The molecule has 27 heavy (non-hydrogen) atoms. The molecule has 3 aromatic carbocycles. The van der Waals surface area contributed by atoms with E-state index in [2.05, 4.69) is 4.98 Å². The lowest BCUT2D eigenvalue weighted by Gasteiger charge is -2.33. The van der Waals surface area contributed by atoms with Gasteiger partial charge in [-0.1, -0.05) is 48.0 Å². The van der Waals surface area contributed by atoms with Crippen LogP contribution in [0.4, 0.5) is 0 Å². The Morgan fingerprint density at radius 3 is 2.59 bits per heavy atom. The number of hydrogen-bond acceptors (Lipinski definition) is 4. The number of aliphatic hydroxyl groups excluding tert-OH is 1. The molecule has 0 radical (unpaired) electrons. The van der Waals surface area contributed by atoms with E-state index in [4.69, 9.17) is 0 Å². The van der Waals surface area contributed by atoms with Crippen LogP contribution in [0.25, 0.3) is 22.4 Å². The molecule has 1 aliphatic rings. The predicted molar refractivity (Wildman–Crippen MR) is 102 cm³/mol. The first-order valence-corrected chi connectivity index (χ1v) is 8.79. The quantitative estimate of drug-likeness (QED) is 0.513. The molecule has 1 aliphatic heterocycles. The first-order valence-electron chi connectivity index (χ1n) is 8.79. The first kappa shape index (κ1) is 16.1. The molecule has 134 valence electrons. The van der Waals surface area contributed by atoms with Crippen molar-refractivity contribution in [2.45, 2.75) is 18.8 Å². The highest BCUT2D eigenvalue weighted by Crippen LogP contribution is 2.50. The Labute approximate surface area is 155 Å². The van der Waals surface area contributed by atoms with E-state index in [-0.39, 0.29) is 11.3 Å². The molecule has 5 rings (SSSR count). The maximum absolute atomic E-state index is 11.9. The second-order valence-corrected chi connectivity index (χ2v) is 7.00. The maximum atomic E-state index is 11.9. The van der Waals surface area contributed by atoms with Crippen LogP contribution in [0, 0.1) is 6.92 Å². The minimum Gasteiger partial charge on any atom is -0.508 e. The molecule has 0 aliphatic carbocycles. The number of aryl methyl sites for hydroxylation is 1. The average Bonchev–Trinajstić information content (AvgIpc) is 3.19. The highest BCUT2D eigenvalue weighted by molar-refractivity contribution is 5.85. The number of phenolic OH excluding ortho intramolecular Hbond substituents is 1. The summed E-state index contributed by atoms with van der Waals surface area (Å²) in [6.45, 7) is 1.88. The van der Waals surface area contributed by atoms with E-state index in [1.165, 1.54) is 6.07 Å². The molecule has 2 atom stereocenters. The number of hydrogen-bond donors (Lipinski definition) is 3. The molecule has 0 saturated carbocycles. The Hall–Kier alpha value is -3.15. The van der Waals surface area contributed by atoms with Crippen LogP contribution in [0.2, 0.25) is 0 Å². The molecule has 0 fully saturated rings. The molecule has 0 unspecified atom stereocenters. The summed E-state index contributed by atoms with van der Waals surface area (Å²) in [5, 5.41) is 33.5. The number of aromatic hydroxyl groups is 1. The van der Waals surface area contributed by atoms with Crippen molar-refractivity contribution in [2.24, 2.45) is 0 Å². The SMILES string of the molecule is Cc1ccc(O)c([C@@H](O)[C@@]2(O)c3ccccc3-c3nc4ccccc4n32)c1. The summed E-state index contributed by atoms with van der Waals surface area (Å²) in [6, 6.07) is 19.9. The first-order chi connectivity index (χ1) is 13.0. The largest absolute Gasteiger partial charge is 0.508 e. The monoisotopic (exact) mass is 358 g/mol. The predicted octanol–water partition coefficient (Wildman–Crippen LogP) is 3.46. The van der Waals surface area contributed by atoms with Crippen molar-refractivity contribution < 1.29 is 15.3 Å². The van der Waals surface area contributed by atoms with Crippen molar-refractivity contribution in [1.82, 2.24) is 9.55 Å². The Bertz CT molecular complexity index is 1200. The zero-order chi connectivity index (χ0) is 18.8. The van der Waals surface area contributed by atoms with Crippen LogP contribution in [0.15, 0.2) is 66.7 Å². The van der Waals surface area contributed by atoms with Gasteiger partial charge in [0, 0.05) is 16.7 Å². The van der Waals surface area contributed by atoms with Gasteiger partial charge in [0.2, 0.25) is 5.72 Å². The Balaban J connectivity index is 1.84. The van der Waals surface area contributed by atoms with Crippen LogP contribution in [0.3, 0.4) is 0 Å². The van der Waals surface area contributed by atoms with E-state index < -0.39 is 11.8 Å². The third kappa shape index (κ3) is 2.04. The van der Waals surface area contributed by atoms with Gasteiger partial charge in [0.25, 0.3) is 0 Å². The van der Waals surface area contributed by atoms with E-state index in [9.17, 15) is 15.3 Å². The standard InChI is InChI=1S/C22H18N2O3/c1-13-10-11-19(25)15(12-13)20(26)22(27)16-7-3-2-6-14(16)21-23-17-8-4-5-9-18(17)24(21)22/h2-12,20,25-27H,1H3/t20-,22+/m1/s1. The fraction of sp³-hybridized carbons (Fsp3) is 0.136. The van der Waals surface area contributed by atoms with Crippen LogP contribution < -0.4 is 0 Å². The van der Waals surface area contributed by atoms with E-state index in [0.29, 0.717) is 11.4 Å². The van der Waals surface area contributed by atoms with Crippen molar-refractivity contribution in [3.05, 3.63) is 83.4 Å². The Morgan fingerprint density at radius 2 is 1.74 bits per heavy atom. The highest BCUT2D eigenvalue weighted by Gasteiger charge is 2.50. The van der Waals surface area contributed by atoms with Gasteiger partial charge in [-0.05, 0) is 31.2 Å². The Morgan fingerprint density at radius 1 is 1.00 bits per heavy atom. The molecular formula is C22H18N2O3. The van der Waals surface area contributed by atoms with Gasteiger partial charge in [-0.15, -0.1) is 0 Å². The minimum absolute atomic E-state index is 0.0584. The normalized spacial score (nSPS) is 19.1. The van der Waals surface area contributed by atoms with Gasteiger partial charge in [-0.2, -0.15) is 0 Å². The fourth-order valence-electron chi connectivity index (χ4n) is 4.05. The highest BCUT2D eigenvalue weighted by atomic mass is 16.4. The van der Waals surface area contributed by atoms with E-state index in [1.54, 1.807) is 22.8 Å². The molecule has 5 heteroatoms. The van der Waals surface area contributed by atoms with Crippen LogP contribution in [0.5, 0.6) is 5.75 Å². The number of nitrogens with zero attached hydrogens (tertiary/aromatic N) is 2. The van der Waals surface area contributed by atoms with Crippen LogP contribution in [-0.4, -0.2) is 24.9 Å². The summed E-state index contributed by atoms with van der Waals surface area (Å²) in [7, 11) is 0. The van der Waals surface area contributed by atoms with Gasteiger partial charge in [0.15, 0.2) is 0 Å². The van der Waals surface area contributed by atoms with E-state index in [0.717, 1.165) is 22.2 Å². The smallest absolute Gasteiger partial charge is 0.201 e. The molecule has 0 saturated heterocycles. The van der Waals surface area contributed by atoms with Crippen molar-refractivity contribution in [3.8, 4) is 17.1 Å². The lowest BCUT2D eigenvalue weighted by atomic mass is 9.90. The fourth-order valence-corrected chi connectivity index (χ4v) is 4.05. The summed E-state index contributed by atoms with van der Waals surface area (Å²) in [5.41, 5.74) is 2.16. The summed E-state index contributed by atoms with van der Waals surface area (Å²) in [5.74, 6) is 0.539. The molecule has 0 amide bonds. The van der Waals surface area contributed by atoms with Gasteiger partial charge >= 0.3 is 0 Å². The second kappa shape index (κ2) is 5.42. The Kier molecular flexibility index (Phi) is 3.22. The molecular weight excluding hydrogens is 340 g/mol. The summed E-state index contributed by atoms with van der Waals surface area (Å²) < 4.78 is 1.67. The van der Waals surface area contributed by atoms with Crippen molar-refractivity contribution in [1.29, 1.82) is 0 Å². The van der Waals surface area contributed by atoms with Crippen molar-refractivity contribution >= 4 is 11.0 Å². The van der Waals surface area contributed by atoms with Gasteiger partial charge < -0.3 is 15.3 Å². The molecule has 1 aromatic heterocycles. The van der Waals surface area contributed by atoms with Crippen LogP contribution >= 0.6 is 0 Å². The summed E-state index contributed by atoms with van der Waals surface area (Å²) >= 11 is 0. The molecule has 4 aromatic rings. The molecule has 0 spiro atoms. The number of aromatic nitrogens is 2. The number of imidazole rings is 1. The molecule has 0 bridgehead atoms. The van der Waals surface area contributed by atoms with Gasteiger partial charge in [-0.3, -0.25) is 4.57 Å². The van der Waals surface area contributed by atoms with E-state index in [1.807, 2.05) is 49.4 Å². The maximum Gasteiger partial charge on any atom is 0.201 e. The summed E-state index contributed by atoms with van der Waals surface area (Å²) in [4.78, 5) is 4.68. The van der Waals surface area contributed by atoms with Gasteiger partial charge in [-0.25, -0.2) is 4.98 Å². The molecule has 2 heterocycles. The number of fused-ring (bicyclic) bond motifs is 5. The molecule has 5 nitrogen and oxygen atoms in total. The second-order valence-electron chi connectivity index (χ2n) is 7.00. The van der Waals surface area contributed by atoms with Crippen LogP contribution in [-0.2, 0) is 5.72 Å². The van der Waals surface area contributed by atoms with E-state index >= 15 is 0 Å². The number of para-hydroxylation sites is 2. The zero-order valence-corrected chi connectivity index (χ0v) is 14.7. The number of phenols is 1. The van der Waals surface area contributed by atoms with Gasteiger partial charge in [0.1, 0.15) is 17.7 Å².